The van der Waals surface area contributed by atoms with Gasteiger partial charge in [-0.25, -0.2) is 0 Å². The molecular weight excluding hydrogens is 262 g/mol. The van der Waals surface area contributed by atoms with Gasteiger partial charge in [-0.3, -0.25) is 4.98 Å². The van der Waals surface area contributed by atoms with Gasteiger partial charge in [0.05, 0.1) is 0 Å². The molecule has 0 radical (unpaired) electrons. The molecule has 1 aromatic heterocycles. The molecule has 2 heteroatoms. The molecule has 1 aromatic rings. The molecule has 88 valence electrons. The van der Waals surface area contributed by atoms with Gasteiger partial charge in [0, 0.05) is 22.6 Å². The van der Waals surface area contributed by atoms with Crippen LogP contribution < -0.4 is 0 Å². The number of alkyl halides is 1. The van der Waals surface area contributed by atoms with Crippen LogP contribution in [0.3, 0.4) is 0 Å². The fourth-order valence-corrected chi connectivity index (χ4v) is 3.44. The maximum Gasteiger partial charge on any atom is 0.0418 e. The van der Waals surface area contributed by atoms with Crippen molar-refractivity contribution >= 4 is 15.9 Å². The number of hydrogen-bond acceptors (Lipinski definition) is 1. The van der Waals surface area contributed by atoms with Crippen LogP contribution in [-0.4, -0.2) is 9.81 Å². The first-order chi connectivity index (χ1) is 7.75. The first kappa shape index (κ1) is 12.1. The lowest BCUT2D eigenvalue weighted by Crippen LogP contribution is -2.20. The lowest BCUT2D eigenvalue weighted by molar-refractivity contribution is 0.349. The van der Waals surface area contributed by atoms with Gasteiger partial charge in [0.25, 0.3) is 0 Å². The van der Waals surface area contributed by atoms with Crippen molar-refractivity contribution in [3.63, 3.8) is 0 Å². The highest BCUT2D eigenvalue weighted by molar-refractivity contribution is 9.09. The standard InChI is InChI=1S/C14H20BrN/c1-11-6-5-9-13(16-11)10-14(15)12-7-3-2-4-8-12/h5-6,9,12,14H,2-4,7-8,10H2,1H3. The summed E-state index contributed by atoms with van der Waals surface area (Å²) in [5.41, 5.74) is 2.35. The van der Waals surface area contributed by atoms with Gasteiger partial charge >= 0.3 is 0 Å². The van der Waals surface area contributed by atoms with Crippen LogP contribution in [0, 0.1) is 12.8 Å². The van der Waals surface area contributed by atoms with Crippen molar-refractivity contribution in [3.05, 3.63) is 29.6 Å². The number of aryl methyl sites for hydroxylation is 1. The summed E-state index contributed by atoms with van der Waals surface area (Å²) in [6.45, 7) is 2.06. The average Bonchev–Trinajstić information content (AvgIpc) is 2.30. The zero-order valence-corrected chi connectivity index (χ0v) is 11.5. The second-order valence-electron chi connectivity index (χ2n) is 4.89. The SMILES string of the molecule is Cc1cccc(CC(Br)C2CCCCC2)n1. The van der Waals surface area contributed by atoms with E-state index in [4.69, 9.17) is 0 Å². The van der Waals surface area contributed by atoms with Gasteiger partial charge in [0.1, 0.15) is 0 Å². The van der Waals surface area contributed by atoms with Crippen molar-refractivity contribution in [2.75, 3.05) is 0 Å². The molecule has 16 heavy (non-hydrogen) atoms. The second kappa shape index (κ2) is 5.81. The Morgan fingerprint density at radius 2 is 2.06 bits per heavy atom. The molecule has 0 aliphatic heterocycles. The van der Waals surface area contributed by atoms with E-state index in [-0.39, 0.29) is 0 Å². The predicted octanol–water partition coefficient (Wildman–Crippen LogP) is 4.28. The summed E-state index contributed by atoms with van der Waals surface area (Å²) in [6, 6.07) is 6.32. The van der Waals surface area contributed by atoms with Gasteiger partial charge < -0.3 is 0 Å². The molecule has 1 aliphatic carbocycles. The van der Waals surface area contributed by atoms with Crippen LogP contribution in [0.15, 0.2) is 18.2 Å². The molecule has 0 amide bonds. The summed E-state index contributed by atoms with van der Waals surface area (Å²) in [5.74, 6) is 0.857. The highest BCUT2D eigenvalue weighted by Crippen LogP contribution is 2.31. The van der Waals surface area contributed by atoms with E-state index in [1.54, 1.807) is 0 Å². The van der Waals surface area contributed by atoms with E-state index in [2.05, 4.69) is 46.0 Å². The Bertz CT molecular complexity index is 331. The third-order valence-corrected chi connectivity index (χ3v) is 4.58. The van der Waals surface area contributed by atoms with Crippen molar-refractivity contribution in [2.24, 2.45) is 5.92 Å². The predicted molar refractivity (Wildman–Crippen MR) is 72.0 cm³/mol. The molecular formula is C14H20BrN. The van der Waals surface area contributed by atoms with Gasteiger partial charge in [0.15, 0.2) is 0 Å². The Balaban J connectivity index is 1.93. The minimum absolute atomic E-state index is 0.613. The molecule has 0 N–H and O–H groups in total. The molecule has 1 atom stereocenters. The Morgan fingerprint density at radius 1 is 1.31 bits per heavy atom. The highest BCUT2D eigenvalue weighted by atomic mass is 79.9. The third kappa shape index (κ3) is 3.31. The minimum atomic E-state index is 0.613. The summed E-state index contributed by atoms with van der Waals surface area (Å²) in [7, 11) is 0. The largest absolute Gasteiger partial charge is 0.258 e. The maximum atomic E-state index is 4.58. The van der Waals surface area contributed by atoms with Crippen molar-refractivity contribution in [1.82, 2.24) is 4.98 Å². The molecule has 1 nitrogen and oxygen atoms in total. The molecule has 0 bridgehead atoms. The molecule has 0 aromatic carbocycles. The summed E-state index contributed by atoms with van der Waals surface area (Å²) in [4.78, 5) is 5.19. The topological polar surface area (TPSA) is 12.9 Å². The van der Waals surface area contributed by atoms with Crippen molar-refractivity contribution in [1.29, 1.82) is 0 Å². The number of rotatable bonds is 3. The molecule has 2 rings (SSSR count). The molecule has 1 saturated carbocycles. The smallest absolute Gasteiger partial charge is 0.0418 e. The van der Waals surface area contributed by atoms with Crippen molar-refractivity contribution in [3.8, 4) is 0 Å². The molecule has 1 unspecified atom stereocenters. The molecule has 0 saturated heterocycles. The summed E-state index contributed by atoms with van der Waals surface area (Å²) < 4.78 is 0. The average molecular weight is 282 g/mol. The van der Waals surface area contributed by atoms with E-state index >= 15 is 0 Å². The Morgan fingerprint density at radius 3 is 2.75 bits per heavy atom. The second-order valence-corrected chi connectivity index (χ2v) is 6.06. The summed E-state index contributed by atoms with van der Waals surface area (Å²) in [6.07, 6.45) is 8.11. The quantitative estimate of drug-likeness (QED) is 0.754. The number of nitrogens with zero attached hydrogens (tertiary/aromatic N) is 1. The van der Waals surface area contributed by atoms with E-state index in [9.17, 15) is 0 Å². The van der Waals surface area contributed by atoms with Crippen LogP contribution in [0.4, 0.5) is 0 Å². The van der Waals surface area contributed by atoms with Crippen LogP contribution in [0.25, 0.3) is 0 Å². The zero-order chi connectivity index (χ0) is 11.4. The lowest BCUT2D eigenvalue weighted by atomic mass is 9.85. The highest BCUT2D eigenvalue weighted by Gasteiger charge is 2.21. The van der Waals surface area contributed by atoms with Crippen molar-refractivity contribution < 1.29 is 0 Å². The van der Waals surface area contributed by atoms with Crippen LogP contribution in [-0.2, 0) is 6.42 Å². The van der Waals surface area contributed by atoms with Crippen molar-refractivity contribution in [2.45, 2.75) is 50.3 Å². The molecule has 1 fully saturated rings. The normalized spacial score (nSPS) is 19.6. The third-order valence-electron chi connectivity index (χ3n) is 3.51. The van der Waals surface area contributed by atoms with Crippen LogP contribution in [0.5, 0.6) is 0 Å². The van der Waals surface area contributed by atoms with E-state index < -0.39 is 0 Å². The number of halogens is 1. The van der Waals surface area contributed by atoms with E-state index in [0.717, 1.165) is 18.0 Å². The van der Waals surface area contributed by atoms with E-state index in [1.165, 1.54) is 37.8 Å². The monoisotopic (exact) mass is 281 g/mol. The van der Waals surface area contributed by atoms with Crippen LogP contribution >= 0.6 is 15.9 Å². The van der Waals surface area contributed by atoms with Gasteiger partial charge in [0.2, 0.25) is 0 Å². The Labute approximate surface area is 107 Å². The zero-order valence-electron chi connectivity index (χ0n) is 9.95. The van der Waals surface area contributed by atoms with E-state index in [1.807, 2.05) is 0 Å². The first-order valence-corrected chi connectivity index (χ1v) is 7.24. The van der Waals surface area contributed by atoms with Crippen LogP contribution in [0.2, 0.25) is 0 Å². The first-order valence-electron chi connectivity index (χ1n) is 6.32. The number of pyridine rings is 1. The van der Waals surface area contributed by atoms with Gasteiger partial charge in [-0.05, 0) is 37.8 Å². The fraction of sp³-hybridized carbons (Fsp3) is 0.643. The summed E-state index contributed by atoms with van der Waals surface area (Å²) in [5, 5.41) is 0. The maximum absolute atomic E-state index is 4.58. The van der Waals surface area contributed by atoms with Gasteiger partial charge in [-0.1, -0.05) is 41.3 Å². The van der Waals surface area contributed by atoms with Crippen LogP contribution in [0.1, 0.15) is 43.5 Å². The summed E-state index contributed by atoms with van der Waals surface area (Å²) >= 11 is 3.86. The number of hydrogen-bond donors (Lipinski definition) is 0. The fourth-order valence-electron chi connectivity index (χ4n) is 2.58. The minimum Gasteiger partial charge on any atom is -0.258 e. The molecule has 1 aliphatic rings. The molecule has 0 spiro atoms. The lowest BCUT2D eigenvalue weighted by Gasteiger charge is -2.26. The Hall–Kier alpha value is -0.370. The van der Waals surface area contributed by atoms with Gasteiger partial charge in [-0.2, -0.15) is 0 Å². The Kier molecular flexibility index (Phi) is 4.39. The molecule has 1 heterocycles. The number of aromatic nitrogens is 1. The van der Waals surface area contributed by atoms with Gasteiger partial charge in [-0.15, -0.1) is 0 Å². The van der Waals surface area contributed by atoms with E-state index in [0.29, 0.717) is 4.83 Å².